The molecule has 0 aliphatic rings. The van der Waals surface area contributed by atoms with Gasteiger partial charge >= 0.3 is 5.97 Å². The van der Waals surface area contributed by atoms with Crippen molar-refractivity contribution in [2.45, 2.75) is 19.9 Å². The molecular formula is C10H14N2O2. The van der Waals surface area contributed by atoms with Crippen LogP contribution in [-0.2, 0) is 4.74 Å². The van der Waals surface area contributed by atoms with Gasteiger partial charge in [0, 0.05) is 6.20 Å². The van der Waals surface area contributed by atoms with E-state index >= 15 is 0 Å². The molecule has 0 saturated heterocycles. The second-order valence-corrected chi connectivity index (χ2v) is 2.91. The van der Waals surface area contributed by atoms with Crippen molar-refractivity contribution in [1.29, 1.82) is 0 Å². The largest absolute Gasteiger partial charge is 0.462 e. The number of hydrogen-bond acceptors (Lipinski definition) is 3. The van der Waals surface area contributed by atoms with Crippen molar-refractivity contribution in [3.8, 4) is 0 Å². The Hall–Kier alpha value is -1.58. The van der Waals surface area contributed by atoms with Crippen molar-refractivity contribution in [2.75, 3.05) is 6.61 Å². The Labute approximate surface area is 83.2 Å². The molecule has 1 unspecified atom stereocenters. The van der Waals surface area contributed by atoms with Gasteiger partial charge in [0.25, 0.3) is 0 Å². The third-order valence-electron chi connectivity index (χ3n) is 1.87. The summed E-state index contributed by atoms with van der Waals surface area (Å²) < 4.78 is 6.50. The molecule has 0 radical (unpaired) electrons. The molecule has 14 heavy (non-hydrogen) atoms. The first-order valence-electron chi connectivity index (χ1n) is 4.52. The highest BCUT2D eigenvalue weighted by Gasteiger charge is 2.10. The van der Waals surface area contributed by atoms with Gasteiger partial charge in [0.2, 0.25) is 0 Å². The summed E-state index contributed by atoms with van der Waals surface area (Å²) in [4.78, 5) is 11.3. The molecule has 0 N–H and O–H groups in total. The second kappa shape index (κ2) is 4.60. The Balaban J connectivity index is 2.77. The molecular weight excluding hydrogens is 180 g/mol. The molecule has 1 aromatic rings. The van der Waals surface area contributed by atoms with Crippen molar-refractivity contribution in [3.05, 3.63) is 30.6 Å². The molecule has 0 spiro atoms. The Kier molecular flexibility index (Phi) is 3.45. The summed E-state index contributed by atoms with van der Waals surface area (Å²) >= 11 is 0. The van der Waals surface area contributed by atoms with E-state index in [-0.39, 0.29) is 12.0 Å². The zero-order valence-corrected chi connectivity index (χ0v) is 8.43. The van der Waals surface area contributed by atoms with Crippen molar-refractivity contribution in [2.24, 2.45) is 0 Å². The van der Waals surface area contributed by atoms with Gasteiger partial charge in [-0.3, -0.25) is 4.68 Å². The first-order valence-corrected chi connectivity index (χ1v) is 4.52. The molecule has 0 aliphatic carbocycles. The van der Waals surface area contributed by atoms with Gasteiger partial charge in [0.05, 0.1) is 24.4 Å². The minimum atomic E-state index is -0.338. The molecule has 0 bridgehead atoms. The number of carbonyl (C=O) groups excluding carboxylic acids is 1. The van der Waals surface area contributed by atoms with Gasteiger partial charge in [-0.05, 0) is 13.8 Å². The summed E-state index contributed by atoms with van der Waals surface area (Å²) in [6, 6.07) is 0.0816. The summed E-state index contributed by atoms with van der Waals surface area (Å²) in [7, 11) is 0. The van der Waals surface area contributed by atoms with Gasteiger partial charge in [-0.15, -0.1) is 6.58 Å². The highest BCUT2D eigenvalue weighted by Crippen LogP contribution is 2.07. The van der Waals surface area contributed by atoms with Crippen LogP contribution in [0.1, 0.15) is 30.2 Å². The Morgan fingerprint density at radius 3 is 3.14 bits per heavy atom. The van der Waals surface area contributed by atoms with Crippen LogP contribution in [0.15, 0.2) is 25.0 Å². The van der Waals surface area contributed by atoms with Gasteiger partial charge in [0.15, 0.2) is 0 Å². The summed E-state index contributed by atoms with van der Waals surface area (Å²) in [5.41, 5.74) is 0.473. The molecule has 76 valence electrons. The van der Waals surface area contributed by atoms with Crippen molar-refractivity contribution in [3.63, 3.8) is 0 Å². The van der Waals surface area contributed by atoms with E-state index in [4.69, 9.17) is 4.74 Å². The van der Waals surface area contributed by atoms with Gasteiger partial charge in [0.1, 0.15) is 0 Å². The molecule has 0 saturated carbocycles. The average Bonchev–Trinajstić information content (AvgIpc) is 2.66. The van der Waals surface area contributed by atoms with Crippen LogP contribution in [0.3, 0.4) is 0 Å². The van der Waals surface area contributed by atoms with E-state index in [1.165, 1.54) is 6.20 Å². The van der Waals surface area contributed by atoms with Crippen LogP contribution in [0.25, 0.3) is 0 Å². The summed E-state index contributed by atoms with van der Waals surface area (Å²) in [5.74, 6) is -0.338. The molecule has 0 aromatic carbocycles. The summed E-state index contributed by atoms with van der Waals surface area (Å²) in [5, 5.41) is 4.03. The second-order valence-electron chi connectivity index (χ2n) is 2.91. The van der Waals surface area contributed by atoms with E-state index in [9.17, 15) is 4.79 Å². The fourth-order valence-corrected chi connectivity index (χ4v) is 0.989. The lowest BCUT2D eigenvalue weighted by Gasteiger charge is -2.04. The van der Waals surface area contributed by atoms with Crippen LogP contribution in [0.4, 0.5) is 0 Å². The van der Waals surface area contributed by atoms with Crippen LogP contribution in [0.5, 0.6) is 0 Å². The van der Waals surface area contributed by atoms with Gasteiger partial charge < -0.3 is 4.74 Å². The Morgan fingerprint density at radius 1 is 1.86 bits per heavy atom. The topological polar surface area (TPSA) is 44.1 Å². The molecule has 1 rings (SSSR count). The zero-order chi connectivity index (χ0) is 10.6. The van der Waals surface area contributed by atoms with E-state index < -0.39 is 0 Å². The van der Waals surface area contributed by atoms with E-state index in [0.717, 1.165) is 0 Å². The maximum atomic E-state index is 11.3. The lowest BCUT2D eigenvalue weighted by molar-refractivity contribution is 0.0526. The van der Waals surface area contributed by atoms with Gasteiger partial charge in [-0.2, -0.15) is 5.10 Å². The lowest BCUT2D eigenvalue weighted by Crippen LogP contribution is -2.04. The number of allylic oxidation sites excluding steroid dienone is 1. The zero-order valence-electron chi connectivity index (χ0n) is 8.43. The molecule has 0 amide bonds. The molecule has 1 aromatic heterocycles. The number of ether oxygens (including phenoxy) is 1. The maximum Gasteiger partial charge on any atom is 0.341 e. The molecule has 0 aliphatic heterocycles. The monoisotopic (exact) mass is 194 g/mol. The predicted octanol–water partition coefficient (Wildman–Crippen LogP) is 1.81. The Morgan fingerprint density at radius 2 is 2.57 bits per heavy atom. The minimum Gasteiger partial charge on any atom is -0.462 e. The molecule has 0 fully saturated rings. The number of nitrogens with zero attached hydrogens (tertiary/aromatic N) is 2. The quantitative estimate of drug-likeness (QED) is 0.542. The highest BCUT2D eigenvalue weighted by molar-refractivity contribution is 5.88. The fourth-order valence-electron chi connectivity index (χ4n) is 0.989. The van der Waals surface area contributed by atoms with Crippen LogP contribution in [0.2, 0.25) is 0 Å². The van der Waals surface area contributed by atoms with Crippen LogP contribution in [0, 0.1) is 0 Å². The minimum absolute atomic E-state index is 0.0816. The predicted molar refractivity (Wildman–Crippen MR) is 53.1 cm³/mol. The number of esters is 1. The average molecular weight is 194 g/mol. The van der Waals surface area contributed by atoms with E-state index in [1.54, 1.807) is 23.9 Å². The lowest BCUT2D eigenvalue weighted by atomic mass is 10.3. The first kappa shape index (κ1) is 10.5. The number of aromatic nitrogens is 2. The maximum absolute atomic E-state index is 11.3. The smallest absolute Gasteiger partial charge is 0.341 e. The van der Waals surface area contributed by atoms with Gasteiger partial charge in [-0.25, -0.2) is 4.79 Å². The SMILES string of the molecule is C=CC(C)n1cc(C(=O)OCC)cn1. The normalized spacial score (nSPS) is 12.1. The highest BCUT2D eigenvalue weighted by atomic mass is 16.5. The number of rotatable bonds is 4. The molecule has 4 nitrogen and oxygen atoms in total. The summed E-state index contributed by atoms with van der Waals surface area (Å²) in [6.07, 6.45) is 4.91. The number of carbonyl (C=O) groups is 1. The van der Waals surface area contributed by atoms with E-state index in [2.05, 4.69) is 11.7 Å². The van der Waals surface area contributed by atoms with Crippen molar-refractivity contribution >= 4 is 5.97 Å². The van der Waals surface area contributed by atoms with Crippen molar-refractivity contribution < 1.29 is 9.53 Å². The van der Waals surface area contributed by atoms with E-state index in [1.807, 2.05) is 6.92 Å². The fraction of sp³-hybridized carbons (Fsp3) is 0.400. The van der Waals surface area contributed by atoms with Crippen LogP contribution < -0.4 is 0 Å². The third-order valence-corrected chi connectivity index (χ3v) is 1.87. The Bertz CT molecular complexity index is 331. The standard InChI is InChI=1S/C10H14N2O2/c1-4-8(3)12-7-9(6-11-12)10(13)14-5-2/h4,6-8H,1,5H2,2-3H3. The van der Waals surface area contributed by atoms with Gasteiger partial charge in [-0.1, -0.05) is 6.08 Å². The third kappa shape index (κ3) is 2.22. The summed E-state index contributed by atoms with van der Waals surface area (Å²) in [6.45, 7) is 7.74. The molecule has 1 heterocycles. The van der Waals surface area contributed by atoms with E-state index in [0.29, 0.717) is 12.2 Å². The molecule has 1 atom stereocenters. The first-order chi connectivity index (χ1) is 6.69. The molecule has 4 heteroatoms. The van der Waals surface area contributed by atoms with Crippen LogP contribution >= 0.6 is 0 Å². The number of hydrogen-bond donors (Lipinski definition) is 0. The van der Waals surface area contributed by atoms with Crippen LogP contribution in [-0.4, -0.2) is 22.4 Å². The van der Waals surface area contributed by atoms with Crippen molar-refractivity contribution in [1.82, 2.24) is 9.78 Å².